The van der Waals surface area contributed by atoms with Gasteiger partial charge in [-0.25, -0.2) is 4.98 Å². The molecule has 1 aromatic rings. The van der Waals surface area contributed by atoms with Crippen molar-refractivity contribution in [2.45, 2.75) is 6.54 Å². The van der Waals surface area contributed by atoms with Gasteiger partial charge in [0.15, 0.2) is 0 Å². The molecule has 0 aromatic carbocycles. The summed E-state index contributed by atoms with van der Waals surface area (Å²) in [6.07, 6.45) is 1.51. The highest BCUT2D eigenvalue weighted by Crippen LogP contribution is 1.97. The Bertz CT molecular complexity index is 222. The Morgan fingerprint density at radius 2 is 2.33 bits per heavy atom. The number of hydrogen-bond donors (Lipinski definition) is 2. The number of nitrogens with two attached hydrogens (primary N) is 1. The van der Waals surface area contributed by atoms with Gasteiger partial charge in [0, 0.05) is 25.8 Å². The number of aromatic nitrogens is 1. The van der Waals surface area contributed by atoms with Crippen LogP contribution in [0.1, 0.15) is 5.56 Å². The van der Waals surface area contributed by atoms with Crippen LogP contribution in [0.3, 0.4) is 0 Å². The predicted molar refractivity (Wildman–Crippen MR) is 45.0 cm³/mol. The van der Waals surface area contributed by atoms with Crippen LogP contribution in [0, 0.1) is 5.95 Å². The molecule has 0 aliphatic carbocycles. The van der Waals surface area contributed by atoms with Crippen LogP contribution < -0.4 is 11.1 Å². The normalized spacial score (nSPS) is 10.2. The molecule has 0 bridgehead atoms. The topological polar surface area (TPSA) is 50.9 Å². The summed E-state index contributed by atoms with van der Waals surface area (Å²) in [5.41, 5.74) is 6.24. The maximum absolute atomic E-state index is 12.3. The first-order valence-electron chi connectivity index (χ1n) is 3.84. The lowest BCUT2D eigenvalue weighted by molar-refractivity contribution is 0.580. The maximum atomic E-state index is 12.3. The van der Waals surface area contributed by atoms with Crippen molar-refractivity contribution in [3.05, 3.63) is 29.8 Å². The molecule has 1 rings (SSSR count). The molecule has 0 atom stereocenters. The highest BCUT2D eigenvalue weighted by Gasteiger charge is 1.93. The fourth-order valence-electron chi connectivity index (χ4n) is 0.846. The molecule has 0 spiro atoms. The van der Waals surface area contributed by atoms with Gasteiger partial charge < -0.3 is 11.1 Å². The molecule has 12 heavy (non-hydrogen) atoms. The van der Waals surface area contributed by atoms with Gasteiger partial charge in [-0.2, -0.15) is 4.39 Å². The lowest BCUT2D eigenvalue weighted by Crippen LogP contribution is -2.21. The van der Waals surface area contributed by atoms with Gasteiger partial charge in [-0.1, -0.05) is 6.07 Å². The fraction of sp³-hybridized carbons (Fsp3) is 0.375. The molecule has 0 saturated carbocycles. The highest BCUT2D eigenvalue weighted by atomic mass is 19.1. The second-order valence-corrected chi connectivity index (χ2v) is 2.45. The summed E-state index contributed by atoms with van der Waals surface area (Å²) >= 11 is 0. The molecule has 3 N–H and O–H groups in total. The summed E-state index contributed by atoms with van der Waals surface area (Å²) in [4.78, 5) is 3.52. The van der Waals surface area contributed by atoms with Crippen LogP contribution in [0.2, 0.25) is 0 Å². The monoisotopic (exact) mass is 169 g/mol. The second kappa shape index (κ2) is 4.79. The van der Waals surface area contributed by atoms with E-state index < -0.39 is 5.95 Å². The smallest absolute Gasteiger partial charge is 0.212 e. The van der Waals surface area contributed by atoms with Crippen molar-refractivity contribution in [3.63, 3.8) is 0 Å². The third-order valence-electron chi connectivity index (χ3n) is 1.44. The first kappa shape index (κ1) is 9.09. The number of nitrogens with zero attached hydrogens (tertiary/aromatic N) is 1. The summed E-state index contributed by atoms with van der Waals surface area (Å²) in [7, 11) is 0. The van der Waals surface area contributed by atoms with Crippen molar-refractivity contribution in [1.29, 1.82) is 0 Å². The third kappa shape index (κ3) is 2.94. The zero-order valence-corrected chi connectivity index (χ0v) is 6.76. The van der Waals surface area contributed by atoms with Crippen molar-refractivity contribution in [2.75, 3.05) is 13.1 Å². The van der Waals surface area contributed by atoms with Gasteiger partial charge in [0.25, 0.3) is 0 Å². The van der Waals surface area contributed by atoms with Gasteiger partial charge in [-0.15, -0.1) is 0 Å². The fourth-order valence-corrected chi connectivity index (χ4v) is 0.846. The van der Waals surface area contributed by atoms with Crippen LogP contribution in [0.15, 0.2) is 18.3 Å². The largest absolute Gasteiger partial charge is 0.329 e. The Kier molecular flexibility index (Phi) is 3.63. The minimum absolute atomic E-state index is 0.447. The van der Waals surface area contributed by atoms with Crippen LogP contribution in [0.4, 0.5) is 4.39 Å². The van der Waals surface area contributed by atoms with Crippen LogP contribution in [-0.4, -0.2) is 18.1 Å². The first-order valence-corrected chi connectivity index (χ1v) is 3.84. The average Bonchev–Trinajstić information content (AvgIpc) is 2.09. The zero-order chi connectivity index (χ0) is 8.81. The van der Waals surface area contributed by atoms with Crippen LogP contribution in [0.25, 0.3) is 0 Å². The van der Waals surface area contributed by atoms with Gasteiger partial charge in [0.2, 0.25) is 5.95 Å². The van der Waals surface area contributed by atoms with Gasteiger partial charge >= 0.3 is 0 Å². The highest BCUT2D eigenvalue weighted by molar-refractivity contribution is 5.08. The molecule has 1 heterocycles. The Balaban J connectivity index is 2.37. The number of nitrogens with one attached hydrogen (secondary N) is 1. The summed E-state index contributed by atoms with van der Waals surface area (Å²) in [5, 5.41) is 3.08. The summed E-state index contributed by atoms with van der Waals surface area (Å²) in [6, 6.07) is 3.05. The van der Waals surface area contributed by atoms with Crippen LogP contribution in [0.5, 0.6) is 0 Å². The van der Waals surface area contributed by atoms with E-state index >= 15 is 0 Å². The Morgan fingerprint density at radius 3 is 2.92 bits per heavy atom. The second-order valence-electron chi connectivity index (χ2n) is 2.45. The van der Waals surface area contributed by atoms with E-state index in [0.29, 0.717) is 13.1 Å². The summed E-state index contributed by atoms with van der Waals surface area (Å²) in [5.74, 6) is -0.447. The minimum atomic E-state index is -0.447. The van der Waals surface area contributed by atoms with Gasteiger partial charge in [-0.3, -0.25) is 0 Å². The molecule has 0 aliphatic rings. The van der Waals surface area contributed by atoms with E-state index in [2.05, 4.69) is 10.3 Å². The summed E-state index contributed by atoms with van der Waals surface area (Å²) < 4.78 is 12.3. The van der Waals surface area contributed by atoms with Crippen molar-refractivity contribution in [1.82, 2.24) is 10.3 Å². The van der Waals surface area contributed by atoms with E-state index in [9.17, 15) is 4.39 Å². The first-order chi connectivity index (χ1) is 5.83. The van der Waals surface area contributed by atoms with Gasteiger partial charge in [0.1, 0.15) is 0 Å². The molecule has 66 valence electrons. The van der Waals surface area contributed by atoms with Crippen molar-refractivity contribution < 1.29 is 4.39 Å². The van der Waals surface area contributed by atoms with E-state index in [4.69, 9.17) is 5.73 Å². The van der Waals surface area contributed by atoms with Crippen molar-refractivity contribution in [3.8, 4) is 0 Å². The quantitative estimate of drug-likeness (QED) is 0.502. The molecule has 0 aliphatic heterocycles. The number of rotatable bonds is 4. The molecular weight excluding hydrogens is 157 g/mol. The number of halogens is 1. The van der Waals surface area contributed by atoms with E-state index in [0.717, 1.165) is 12.1 Å². The van der Waals surface area contributed by atoms with E-state index in [1.807, 2.05) is 0 Å². The Hall–Kier alpha value is -1.00. The van der Waals surface area contributed by atoms with Crippen molar-refractivity contribution >= 4 is 0 Å². The van der Waals surface area contributed by atoms with E-state index in [1.54, 1.807) is 6.07 Å². The molecule has 4 heteroatoms. The molecule has 0 unspecified atom stereocenters. The molecule has 0 radical (unpaired) electrons. The molecule has 1 aromatic heterocycles. The SMILES string of the molecule is NCCNCc1ccc(F)nc1. The Labute approximate surface area is 70.8 Å². The Morgan fingerprint density at radius 1 is 1.50 bits per heavy atom. The van der Waals surface area contributed by atoms with Gasteiger partial charge in [0.05, 0.1) is 0 Å². The molecule has 0 saturated heterocycles. The van der Waals surface area contributed by atoms with Gasteiger partial charge in [-0.05, 0) is 11.6 Å². The number of hydrogen-bond acceptors (Lipinski definition) is 3. The lowest BCUT2D eigenvalue weighted by Gasteiger charge is -2.01. The summed E-state index contributed by atoms with van der Waals surface area (Å²) in [6.45, 7) is 2.05. The molecular formula is C8H12FN3. The lowest BCUT2D eigenvalue weighted by atomic mass is 10.3. The average molecular weight is 169 g/mol. The zero-order valence-electron chi connectivity index (χ0n) is 6.76. The van der Waals surface area contributed by atoms with E-state index in [-0.39, 0.29) is 0 Å². The predicted octanol–water partition coefficient (Wildman–Crippen LogP) is 0.269. The van der Waals surface area contributed by atoms with Crippen LogP contribution >= 0.6 is 0 Å². The standard InChI is InChI=1S/C8H12FN3/c9-8-2-1-7(6-12-8)5-11-4-3-10/h1-2,6,11H,3-5,10H2. The van der Waals surface area contributed by atoms with Crippen molar-refractivity contribution in [2.24, 2.45) is 5.73 Å². The number of pyridine rings is 1. The molecule has 0 fully saturated rings. The van der Waals surface area contributed by atoms with Crippen LogP contribution in [-0.2, 0) is 6.54 Å². The third-order valence-corrected chi connectivity index (χ3v) is 1.44. The van der Waals surface area contributed by atoms with E-state index in [1.165, 1.54) is 12.3 Å². The minimum Gasteiger partial charge on any atom is -0.329 e. The molecule has 3 nitrogen and oxygen atoms in total. The molecule has 0 amide bonds. The maximum Gasteiger partial charge on any atom is 0.212 e.